The number of anilines is 1. The summed E-state index contributed by atoms with van der Waals surface area (Å²) in [5.74, 6) is 0.830. The highest BCUT2D eigenvalue weighted by molar-refractivity contribution is 9.10. The predicted molar refractivity (Wildman–Crippen MR) is 66.0 cm³/mol. The summed E-state index contributed by atoms with van der Waals surface area (Å²) < 4.78 is 14.3. The maximum Gasteiger partial charge on any atom is 0.166 e. The van der Waals surface area contributed by atoms with Crippen molar-refractivity contribution in [3.8, 4) is 0 Å². The van der Waals surface area contributed by atoms with Gasteiger partial charge in [0.15, 0.2) is 11.6 Å². The standard InChI is InChI=1S/C10H11Br2FN2/c11-4-7-1-2-15(6-7)10-9(13)3-8(12)5-14-10/h3,5,7H,1-2,4,6H2. The second kappa shape index (κ2) is 4.78. The number of hydrogen-bond donors (Lipinski definition) is 0. The molecule has 15 heavy (non-hydrogen) atoms. The molecule has 0 aliphatic carbocycles. The second-order valence-electron chi connectivity index (χ2n) is 3.71. The van der Waals surface area contributed by atoms with Crippen LogP contribution in [0.15, 0.2) is 16.7 Å². The summed E-state index contributed by atoms with van der Waals surface area (Å²) in [7, 11) is 0. The van der Waals surface area contributed by atoms with Crippen LogP contribution in [0.3, 0.4) is 0 Å². The van der Waals surface area contributed by atoms with Gasteiger partial charge in [-0.1, -0.05) is 15.9 Å². The molecule has 1 aromatic rings. The first-order chi connectivity index (χ1) is 7.20. The van der Waals surface area contributed by atoms with E-state index in [-0.39, 0.29) is 5.82 Å². The summed E-state index contributed by atoms with van der Waals surface area (Å²) in [5, 5.41) is 0.974. The molecule has 1 fully saturated rings. The number of alkyl halides is 1. The third-order valence-electron chi connectivity index (χ3n) is 2.59. The van der Waals surface area contributed by atoms with Crippen molar-refractivity contribution >= 4 is 37.7 Å². The molecule has 1 unspecified atom stereocenters. The molecule has 0 bridgehead atoms. The third kappa shape index (κ3) is 2.50. The number of nitrogens with zero attached hydrogens (tertiary/aromatic N) is 2. The van der Waals surface area contributed by atoms with Crippen molar-refractivity contribution in [3.05, 3.63) is 22.6 Å². The van der Waals surface area contributed by atoms with E-state index >= 15 is 0 Å². The van der Waals surface area contributed by atoms with Crippen LogP contribution in [-0.2, 0) is 0 Å². The molecule has 1 aliphatic rings. The molecule has 0 N–H and O–H groups in total. The summed E-state index contributed by atoms with van der Waals surface area (Å²) in [6.07, 6.45) is 2.74. The molecule has 0 amide bonds. The van der Waals surface area contributed by atoms with E-state index in [9.17, 15) is 4.39 Å². The van der Waals surface area contributed by atoms with Gasteiger partial charge in [-0.3, -0.25) is 0 Å². The van der Waals surface area contributed by atoms with Crippen LogP contribution in [0.2, 0.25) is 0 Å². The smallest absolute Gasteiger partial charge is 0.166 e. The molecule has 5 heteroatoms. The second-order valence-corrected chi connectivity index (χ2v) is 5.28. The number of rotatable bonds is 2. The minimum atomic E-state index is -0.250. The fraction of sp³-hybridized carbons (Fsp3) is 0.500. The van der Waals surface area contributed by atoms with Gasteiger partial charge in [-0.05, 0) is 34.3 Å². The Bertz CT molecular complexity index is 359. The lowest BCUT2D eigenvalue weighted by molar-refractivity contribution is 0.612. The predicted octanol–water partition coefficient (Wildman–Crippen LogP) is 3.20. The zero-order valence-electron chi connectivity index (χ0n) is 8.09. The summed E-state index contributed by atoms with van der Waals surface area (Å²) in [5.41, 5.74) is 0. The highest BCUT2D eigenvalue weighted by Crippen LogP contribution is 2.26. The average molecular weight is 338 g/mol. The molecular weight excluding hydrogens is 327 g/mol. The molecule has 2 heterocycles. The first-order valence-corrected chi connectivity index (χ1v) is 6.74. The van der Waals surface area contributed by atoms with Crippen LogP contribution in [0.5, 0.6) is 0 Å². The molecule has 1 aliphatic heterocycles. The monoisotopic (exact) mass is 336 g/mol. The van der Waals surface area contributed by atoms with Crippen LogP contribution in [-0.4, -0.2) is 23.4 Å². The molecule has 2 nitrogen and oxygen atoms in total. The van der Waals surface area contributed by atoms with E-state index in [0.717, 1.165) is 24.8 Å². The number of pyridine rings is 1. The topological polar surface area (TPSA) is 16.1 Å². The van der Waals surface area contributed by atoms with Gasteiger partial charge in [0.2, 0.25) is 0 Å². The number of halogens is 3. The average Bonchev–Trinajstić information content (AvgIpc) is 2.66. The molecule has 1 saturated heterocycles. The fourth-order valence-electron chi connectivity index (χ4n) is 1.79. The summed E-state index contributed by atoms with van der Waals surface area (Å²) in [6, 6.07) is 1.46. The molecule has 0 aromatic carbocycles. The highest BCUT2D eigenvalue weighted by Gasteiger charge is 2.24. The van der Waals surface area contributed by atoms with E-state index in [4.69, 9.17) is 0 Å². The lowest BCUT2D eigenvalue weighted by Gasteiger charge is -2.17. The summed E-state index contributed by atoms with van der Waals surface area (Å²) in [4.78, 5) is 6.12. The minimum Gasteiger partial charge on any atom is -0.354 e. The van der Waals surface area contributed by atoms with Crippen molar-refractivity contribution in [1.29, 1.82) is 0 Å². The Balaban J connectivity index is 2.17. The van der Waals surface area contributed by atoms with Crippen molar-refractivity contribution in [3.63, 3.8) is 0 Å². The summed E-state index contributed by atoms with van der Waals surface area (Å²) in [6.45, 7) is 1.78. The van der Waals surface area contributed by atoms with E-state index < -0.39 is 0 Å². The Morgan fingerprint density at radius 1 is 1.60 bits per heavy atom. The van der Waals surface area contributed by atoms with Crippen molar-refractivity contribution in [2.45, 2.75) is 6.42 Å². The quantitative estimate of drug-likeness (QED) is 0.770. The molecule has 1 aromatic heterocycles. The van der Waals surface area contributed by atoms with Crippen LogP contribution in [0.1, 0.15) is 6.42 Å². The van der Waals surface area contributed by atoms with Crippen molar-refractivity contribution in [1.82, 2.24) is 4.98 Å². The van der Waals surface area contributed by atoms with Gasteiger partial charge in [-0.25, -0.2) is 9.37 Å². The van der Waals surface area contributed by atoms with Gasteiger partial charge in [0.25, 0.3) is 0 Å². The van der Waals surface area contributed by atoms with Gasteiger partial charge in [-0.15, -0.1) is 0 Å². The van der Waals surface area contributed by atoms with Gasteiger partial charge in [0.1, 0.15) is 0 Å². The first kappa shape index (κ1) is 11.3. The van der Waals surface area contributed by atoms with Crippen LogP contribution in [0, 0.1) is 11.7 Å². The van der Waals surface area contributed by atoms with Crippen LogP contribution in [0.4, 0.5) is 10.2 Å². The van der Waals surface area contributed by atoms with E-state index in [1.54, 1.807) is 6.20 Å². The molecule has 82 valence electrons. The zero-order valence-corrected chi connectivity index (χ0v) is 11.3. The van der Waals surface area contributed by atoms with E-state index in [2.05, 4.69) is 36.8 Å². The number of hydrogen-bond acceptors (Lipinski definition) is 2. The highest BCUT2D eigenvalue weighted by atomic mass is 79.9. The maximum absolute atomic E-state index is 13.6. The molecule has 0 saturated carbocycles. The van der Waals surface area contributed by atoms with E-state index in [1.807, 2.05) is 4.90 Å². The van der Waals surface area contributed by atoms with Gasteiger partial charge >= 0.3 is 0 Å². The lowest BCUT2D eigenvalue weighted by atomic mass is 10.2. The van der Waals surface area contributed by atoms with E-state index in [1.165, 1.54) is 6.07 Å². The Labute approximate surface area is 105 Å². The molecular formula is C10H11Br2FN2. The third-order valence-corrected chi connectivity index (χ3v) is 3.94. The van der Waals surface area contributed by atoms with Crippen molar-refractivity contribution in [2.75, 3.05) is 23.3 Å². The van der Waals surface area contributed by atoms with Crippen LogP contribution < -0.4 is 4.90 Å². The van der Waals surface area contributed by atoms with Crippen LogP contribution >= 0.6 is 31.9 Å². The molecule has 0 radical (unpaired) electrons. The molecule has 1 atom stereocenters. The van der Waals surface area contributed by atoms with Crippen LogP contribution in [0.25, 0.3) is 0 Å². The molecule has 0 spiro atoms. The van der Waals surface area contributed by atoms with Gasteiger partial charge < -0.3 is 4.90 Å². The lowest BCUT2D eigenvalue weighted by Crippen LogP contribution is -2.22. The Morgan fingerprint density at radius 2 is 2.40 bits per heavy atom. The SMILES string of the molecule is Fc1cc(Br)cnc1N1CCC(CBr)C1. The number of aromatic nitrogens is 1. The van der Waals surface area contributed by atoms with Gasteiger partial charge in [0, 0.05) is 29.1 Å². The molecule has 2 rings (SSSR count). The van der Waals surface area contributed by atoms with Crippen molar-refractivity contribution in [2.24, 2.45) is 5.92 Å². The largest absolute Gasteiger partial charge is 0.354 e. The maximum atomic E-state index is 13.6. The van der Waals surface area contributed by atoms with Crippen molar-refractivity contribution < 1.29 is 4.39 Å². The van der Waals surface area contributed by atoms with Gasteiger partial charge in [-0.2, -0.15) is 0 Å². The Kier molecular flexibility index (Phi) is 3.61. The Morgan fingerprint density at radius 3 is 3.00 bits per heavy atom. The fourth-order valence-corrected chi connectivity index (χ4v) is 2.62. The van der Waals surface area contributed by atoms with E-state index in [0.29, 0.717) is 16.2 Å². The van der Waals surface area contributed by atoms with Gasteiger partial charge in [0.05, 0.1) is 0 Å². The first-order valence-electron chi connectivity index (χ1n) is 4.82. The zero-order chi connectivity index (χ0) is 10.8. The normalized spacial score (nSPS) is 21.0. The Hall–Kier alpha value is -0.160. The summed E-state index contributed by atoms with van der Waals surface area (Å²) >= 11 is 6.66. The minimum absolute atomic E-state index is 0.250.